The van der Waals surface area contributed by atoms with Crippen LogP contribution in [0.2, 0.25) is 0 Å². The van der Waals surface area contributed by atoms with E-state index in [9.17, 15) is 19.5 Å². The summed E-state index contributed by atoms with van der Waals surface area (Å²) in [5, 5.41) is 15.5. The van der Waals surface area contributed by atoms with Crippen LogP contribution >= 0.6 is 0 Å². The van der Waals surface area contributed by atoms with E-state index in [4.69, 9.17) is 9.47 Å². The van der Waals surface area contributed by atoms with Crippen molar-refractivity contribution in [2.75, 3.05) is 19.0 Å². The second kappa shape index (κ2) is 12.6. The molecule has 0 bridgehead atoms. The average Bonchev–Trinajstić information content (AvgIpc) is 2.85. The van der Waals surface area contributed by atoms with Crippen molar-refractivity contribution in [3.63, 3.8) is 0 Å². The van der Waals surface area contributed by atoms with Crippen molar-refractivity contribution in [1.82, 2.24) is 10.2 Å². The Hall–Kier alpha value is -3.85. The first-order chi connectivity index (χ1) is 18.1. The van der Waals surface area contributed by atoms with E-state index in [-0.39, 0.29) is 6.04 Å². The number of carbonyl (C=O) groups is 3. The average molecular weight is 524 g/mol. The van der Waals surface area contributed by atoms with Gasteiger partial charge in [-0.2, -0.15) is 0 Å². The number of hydrogen-bond acceptors (Lipinski definition) is 6. The third-order valence-corrected chi connectivity index (χ3v) is 6.24. The number of alkyl carbamates (subject to hydrolysis) is 1. The molecule has 2 atom stereocenters. The number of ether oxygens (including phenoxy) is 2. The van der Waals surface area contributed by atoms with Gasteiger partial charge in [-0.05, 0) is 81.5 Å². The van der Waals surface area contributed by atoms with E-state index in [1.807, 2.05) is 6.07 Å². The van der Waals surface area contributed by atoms with Gasteiger partial charge in [0, 0.05) is 11.7 Å². The molecular weight excluding hydrogens is 486 g/mol. The Kier molecular flexibility index (Phi) is 9.52. The first kappa shape index (κ1) is 28.7. The van der Waals surface area contributed by atoms with Gasteiger partial charge in [-0.1, -0.05) is 30.9 Å². The summed E-state index contributed by atoms with van der Waals surface area (Å²) in [5.74, 6) is -0.351. The largest absolute Gasteiger partial charge is 0.497 e. The van der Waals surface area contributed by atoms with E-state index < -0.39 is 42.2 Å². The summed E-state index contributed by atoms with van der Waals surface area (Å²) >= 11 is 0. The first-order valence-electron chi connectivity index (χ1n) is 12.7. The number of anilines is 1. The summed E-state index contributed by atoms with van der Waals surface area (Å²) in [7, 11) is 1.56. The highest BCUT2D eigenvalue weighted by Crippen LogP contribution is 2.35. The van der Waals surface area contributed by atoms with Crippen molar-refractivity contribution < 1.29 is 29.0 Å². The number of aliphatic hydroxyl groups excluding tert-OH is 1. The molecule has 0 saturated heterocycles. The number of aliphatic hydroxyl groups is 1. The third kappa shape index (κ3) is 7.35. The molecule has 1 aliphatic rings. The molecule has 3 amide bonds. The molecule has 2 aromatic carbocycles. The lowest BCUT2D eigenvalue weighted by atomic mass is 9.88. The fraction of sp³-hybridized carbons (Fsp3) is 0.414. The quantitative estimate of drug-likeness (QED) is 0.428. The number of hydrogen-bond donors (Lipinski definition) is 3. The minimum atomic E-state index is -1.29. The molecule has 3 N–H and O–H groups in total. The molecule has 204 valence electrons. The maximum absolute atomic E-state index is 13.9. The molecule has 0 aliphatic heterocycles. The fourth-order valence-electron chi connectivity index (χ4n) is 4.18. The summed E-state index contributed by atoms with van der Waals surface area (Å²) in [6.07, 6.45) is 3.13. The molecule has 3 rings (SSSR count). The Bertz CT molecular complexity index is 1140. The Morgan fingerprint density at radius 2 is 1.84 bits per heavy atom. The van der Waals surface area contributed by atoms with E-state index in [1.54, 1.807) is 76.4 Å². The molecule has 0 aromatic heterocycles. The number of nitrogens with zero attached hydrogens (tertiary/aromatic N) is 1. The smallest absolute Gasteiger partial charge is 0.408 e. The van der Waals surface area contributed by atoms with Crippen molar-refractivity contribution in [2.45, 2.75) is 63.8 Å². The Balaban J connectivity index is 1.99. The van der Waals surface area contributed by atoms with Crippen molar-refractivity contribution in [3.05, 3.63) is 66.2 Å². The molecule has 0 radical (unpaired) electrons. The summed E-state index contributed by atoms with van der Waals surface area (Å²) < 4.78 is 10.5. The van der Waals surface area contributed by atoms with E-state index in [2.05, 4.69) is 17.2 Å². The predicted octanol–water partition coefficient (Wildman–Crippen LogP) is 4.28. The van der Waals surface area contributed by atoms with E-state index >= 15 is 0 Å². The predicted molar refractivity (Wildman–Crippen MR) is 146 cm³/mol. The fourth-order valence-corrected chi connectivity index (χ4v) is 4.18. The standard InChI is InChI=1S/C29H37N3O6/c1-6-19-9-7-10-20(17-19)25(26(34)30-21-13-15-23(37-5)16-14-21)32(22-11-8-12-22)27(35)24(18-33)31-28(36)38-29(2,3)4/h6-7,9-10,13-17,22,24-25,33H,1,8,11-12,18H2,2-5H3,(H,30,34)(H,31,36). The minimum absolute atomic E-state index is 0.240. The Morgan fingerprint density at radius 1 is 1.16 bits per heavy atom. The molecular formula is C29H37N3O6. The molecule has 9 nitrogen and oxygen atoms in total. The second-order valence-electron chi connectivity index (χ2n) is 10.2. The van der Waals surface area contributed by atoms with Crippen LogP contribution < -0.4 is 15.4 Å². The van der Waals surface area contributed by atoms with Crippen LogP contribution in [0.1, 0.15) is 57.2 Å². The normalized spacial score (nSPS) is 14.9. The molecule has 9 heteroatoms. The highest BCUT2D eigenvalue weighted by Gasteiger charge is 2.42. The van der Waals surface area contributed by atoms with Crippen LogP contribution in [0.3, 0.4) is 0 Å². The zero-order valence-electron chi connectivity index (χ0n) is 22.4. The van der Waals surface area contributed by atoms with Crippen molar-refractivity contribution in [2.24, 2.45) is 0 Å². The Morgan fingerprint density at radius 3 is 2.37 bits per heavy atom. The van der Waals surface area contributed by atoms with Crippen LogP contribution in [-0.4, -0.2) is 59.3 Å². The Labute approximate surface area is 223 Å². The van der Waals surface area contributed by atoms with Gasteiger partial charge in [0.2, 0.25) is 5.91 Å². The van der Waals surface area contributed by atoms with Gasteiger partial charge in [-0.25, -0.2) is 4.79 Å². The number of carbonyl (C=O) groups excluding carboxylic acids is 3. The van der Waals surface area contributed by atoms with E-state index in [0.29, 0.717) is 29.8 Å². The SMILES string of the molecule is C=Cc1cccc(C(C(=O)Nc2ccc(OC)cc2)N(C(=O)C(CO)NC(=O)OC(C)(C)C)C2CCC2)c1. The number of nitrogens with one attached hydrogen (secondary N) is 2. The number of amides is 3. The zero-order chi connectivity index (χ0) is 27.9. The van der Waals surface area contributed by atoms with Gasteiger partial charge in [-0.15, -0.1) is 0 Å². The highest BCUT2D eigenvalue weighted by atomic mass is 16.6. The minimum Gasteiger partial charge on any atom is -0.497 e. The lowest BCUT2D eigenvalue weighted by Crippen LogP contribution is -2.58. The number of benzene rings is 2. The summed E-state index contributed by atoms with van der Waals surface area (Å²) in [4.78, 5) is 41.7. The molecule has 2 aromatic rings. The van der Waals surface area contributed by atoms with E-state index in [1.165, 1.54) is 4.90 Å². The molecule has 1 aliphatic carbocycles. The van der Waals surface area contributed by atoms with Crippen molar-refractivity contribution >= 4 is 29.7 Å². The summed E-state index contributed by atoms with van der Waals surface area (Å²) in [5.41, 5.74) is 1.12. The van der Waals surface area contributed by atoms with Crippen LogP contribution in [0, 0.1) is 0 Å². The molecule has 38 heavy (non-hydrogen) atoms. The number of methoxy groups -OCH3 is 1. The van der Waals surface area contributed by atoms with Gasteiger partial charge in [-0.3, -0.25) is 9.59 Å². The lowest BCUT2D eigenvalue weighted by Gasteiger charge is -2.43. The maximum Gasteiger partial charge on any atom is 0.408 e. The molecule has 0 spiro atoms. The number of rotatable bonds is 10. The van der Waals surface area contributed by atoms with Crippen LogP contribution in [-0.2, 0) is 14.3 Å². The van der Waals surface area contributed by atoms with Gasteiger partial charge < -0.3 is 30.1 Å². The van der Waals surface area contributed by atoms with Gasteiger partial charge in [0.15, 0.2) is 0 Å². The lowest BCUT2D eigenvalue weighted by molar-refractivity contribution is -0.146. The summed E-state index contributed by atoms with van der Waals surface area (Å²) in [6, 6.07) is 11.6. The molecule has 0 heterocycles. The van der Waals surface area contributed by atoms with Crippen LogP contribution in [0.4, 0.5) is 10.5 Å². The maximum atomic E-state index is 13.9. The second-order valence-corrected chi connectivity index (χ2v) is 10.2. The molecule has 2 unspecified atom stereocenters. The zero-order valence-corrected chi connectivity index (χ0v) is 22.4. The monoisotopic (exact) mass is 523 g/mol. The van der Waals surface area contributed by atoms with Gasteiger partial charge in [0.1, 0.15) is 23.4 Å². The van der Waals surface area contributed by atoms with Gasteiger partial charge in [0.05, 0.1) is 13.7 Å². The molecule has 1 fully saturated rings. The van der Waals surface area contributed by atoms with E-state index in [0.717, 1.165) is 12.0 Å². The first-order valence-corrected chi connectivity index (χ1v) is 12.7. The summed E-state index contributed by atoms with van der Waals surface area (Å²) in [6.45, 7) is 8.28. The topological polar surface area (TPSA) is 117 Å². The third-order valence-electron chi connectivity index (χ3n) is 6.24. The highest BCUT2D eigenvalue weighted by molar-refractivity contribution is 5.99. The van der Waals surface area contributed by atoms with Crippen molar-refractivity contribution in [3.8, 4) is 5.75 Å². The van der Waals surface area contributed by atoms with Crippen LogP contribution in [0.15, 0.2) is 55.1 Å². The van der Waals surface area contributed by atoms with Crippen molar-refractivity contribution in [1.29, 1.82) is 0 Å². The van der Waals surface area contributed by atoms with Gasteiger partial charge >= 0.3 is 6.09 Å². The molecule has 1 saturated carbocycles. The van der Waals surface area contributed by atoms with Gasteiger partial charge in [0.25, 0.3) is 5.91 Å². The van der Waals surface area contributed by atoms with Crippen LogP contribution in [0.5, 0.6) is 5.75 Å². The van der Waals surface area contributed by atoms with Crippen LogP contribution in [0.25, 0.3) is 6.08 Å².